The first kappa shape index (κ1) is 25.3. The maximum atomic E-state index is 12.3. The fraction of sp³-hybridized carbons (Fsp3) is 0.238. The van der Waals surface area contributed by atoms with Crippen molar-refractivity contribution in [1.82, 2.24) is 5.32 Å². The summed E-state index contributed by atoms with van der Waals surface area (Å²) < 4.78 is 46.4. The van der Waals surface area contributed by atoms with E-state index in [1.54, 1.807) is 18.2 Å². The molecular weight excluding hydrogens is 447 g/mol. The first-order valence-corrected chi connectivity index (χ1v) is 9.40. The van der Waals surface area contributed by atoms with Gasteiger partial charge in [-0.3, -0.25) is 10.2 Å². The number of nitrogen functional groups attached to an aromatic ring is 1. The molecule has 0 amide bonds. The number of carboxylic acids is 1. The molecule has 0 saturated carbocycles. The van der Waals surface area contributed by atoms with E-state index >= 15 is 0 Å². The number of nitrogens with one attached hydrogen (secondary N) is 2. The first-order valence-electron chi connectivity index (χ1n) is 9.40. The lowest BCUT2D eigenvalue weighted by atomic mass is 10.1. The van der Waals surface area contributed by atoms with Gasteiger partial charge in [-0.2, -0.15) is 13.2 Å². The molecule has 2 rings (SSSR count). The van der Waals surface area contributed by atoms with Gasteiger partial charge in [-0.1, -0.05) is 24.3 Å². The van der Waals surface area contributed by atoms with E-state index in [1.807, 2.05) is 0 Å². The number of aromatic carboxylic acids is 1. The van der Waals surface area contributed by atoms with Crippen molar-refractivity contribution in [3.63, 3.8) is 0 Å². The summed E-state index contributed by atoms with van der Waals surface area (Å²) in [7, 11) is 0. The zero-order valence-corrected chi connectivity index (χ0v) is 17.0. The van der Waals surface area contributed by atoms with Crippen molar-refractivity contribution in [3.8, 4) is 5.75 Å². The van der Waals surface area contributed by atoms with Gasteiger partial charge < -0.3 is 25.6 Å². The van der Waals surface area contributed by atoms with Crippen molar-refractivity contribution in [3.05, 3.63) is 65.2 Å². The molecule has 0 fully saturated rings. The maximum absolute atomic E-state index is 12.3. The number of nitrogens with two attached hydrogens (primary N) is 1. The van der Waals surface area contributed by atoms with Crippen LogP contribution >= 0.6 is 0 Å². The second kappa shape index (κ2) is 11.1. The van der Waals surface area contributed by atoms with E-state index in [-0.39, 0.29) is 24.6 Å². The van der Waals surface area contributed by atoms with Gasteiger partial charge in [0.25, 0.3) is 0 Å². The van der Waals surface area contributed by atoms with Crippen LogP contribution in [0.25, 0.3) is 0 Å². The Hall–Kier alpha value is -3.93. The number of rotatable bonds is 10. The third kappa shape index (κ3) is 8.26. The minimum absolute atomic E-state index is 0.0678. The Balaban J connectivity index is 2.06. The molecule has 33 heavy (non-hydrogen) atoms. The first-order chi connectivity index (χ1) is 15.5. The summed E-state index contributed by atoms with van der Waals surface area (Å²) in [5.41, 5.74) is 6.50. The number of carbonyl (C=O) groups excluding carboxylic acids is 2. The molecule has 1 atom stereocenters. The molecular formula is C21H20F3N3O6. The second-order valence-electron chi connectivity index (χ2n) is 6.80. The van der Waals surface area contributed by atoms with E-state index in [0.29, 0.717) is 16.9 Å². The quantitative estimate of drug-likeness (QED) is 0.180. The summed E-state index contributed by atoms with van der Waals surface area (Å²) in [6.45, 7) is -0.0915. The van der Waals surface area contributed by atoms with Crippen molar-refractivity contribution in [2.45, 2.75) is 25.2 Å². The van der Waals surface area contributed by atoms with Crippen molar-refractivity contribution in [2.75, 3.05) is 6.61 Å². The molecule has 2 aromatic rings. The Labute approximate surface area is 185 Å². The van der Waals surface area contributed by atoms with E-state index in [4.69, 9.17) is 21.0 Å². The highest BCUT2D eigenvalue weighted by Gasteiger charge is 2.42. The maximum Gasteiger partial charge on any atom is 0.491 e. The fourth-order valence-electron chi connectivity index (χ4n) is 2.57. The van der Waals surface area contributed by atoms with Crippen LogP contribution in [0.1, 0.15) is 27.9 Å². The van der Waals surface area contributed by atoms with Crippen LogP contribution in [0, 0.1) is 5.41 Å². The van der Waals surface area contributed by atoms with Gasteiger partial charge in [0.05, 0.1) is 18.0 Å². The highest BCUT2D eigenvalue weighted by Crippen LogP contribution is 2.18. The molecule has 0 spiro atoms. The van der Waals surface area contributed by atoms with Crippen LogP contribution in [0.3, 0.4) is 0 Å². The predicted octanol–water partition coefficient (Wildman–Crippen LogP) is 2.23. The second-order valence-corrected chi connectivity index (χ2v) is 6.80. The Morgan fingerprint density at radius 1 is 1.09 bits per heavy atom. The predicted molar refractivity (Wildman–Crippen MR) is 109 cm³/mol. The number of ether oxygens (including phenoxy) is 2. The number of carboxylic acid groups (broad SMARTS) is 1. The molecule has 0 heterocycles. The van der Waals surface area contributed by atoms with E-state index in [9.17, 15) is 27.6 Å². The van der Waals surface area contributed by atoms with E-state index in [2.05, 4.69) is 10.1 Å². The lowest BCUT2D eigenvalue weighted by Gasteiger charge is -2.19. The van der Waals surface area contributed by atoms with E-state index < -0.39 is 36.5 Å². The molecule has 0 unspecified atom stereocenters. The van der Waals surface area contributed by atoms with Crippen molar-refractivity contribution in [2.24, 2.45) is 5.73 Å². The van der Waals surface area contributed by atoms with Crippen LogP contribution in [0.15, 0.2) is 48.5 Å². The molecule has 0 aromatic heterocycles. The van der Waals surface area contributed by atoms with Crippen molar-refractivity contribution in [1.29, 1.82) is 5.41 Å². The molecule has 0 saturated heterocycles. The SMILES string of the molecule is N=C(N)c1cccc(OC[C@@H](CC(=O)OC(=O)C(F)(F)F)NCc2ccc(C(=O)O)cc2)c1. The highest BCUT2D eigenvalue weighted by molar-refractivity contribution is 5.95. The Bertz CT molecular complexity index is 1020. The number of hydrogen-bond donors (Lipinski definition) is 4. The topological polar surface area (TPSA) is 152 Å². The van der Waals surface area contributed by atoms with Crippen molar-refractivity contribution >= 4 is 23.7 Å². The molecule has 12 heteroatoms. The van der Waals surface area contributed by atoms with Crippen LogP contribution < -0.4 is 15.8 Å². The molecule has 9 nitrogen and oxygen atoms in total. The third-order valence-corrected chi connectivity index (χ3v) is 4.24. The molecule has 2 aromatic carbocycles. The summed E-state index contributed by atoms with van der Waals surface area (Å²) >= 11 is 0. The molecule has 0 bridgehead atoms. The average Bonchev–Trinajstić information content (AvgIpc) is 2.75. The van der Waals surface area contributed by atoms with E-state index in [1.165, 1.54) is 30.3 Å². The lowest BCUT2D eigenvalue weighted by Crippen LogP contribution is -2.38. The van der Waals surface area contributed by atoms with Gasteiger partial charge >= 0.3 is 24.1 Å². The Kier molecular flexibility index (Phi) is 8.51. The van der Waals surface area contributed by atoms with Crippen molar-refractivity contribution < 1.29 is 42.1 Å². The zero-order valence-electron chi connectivity index (χ0n) is 17.0. The van der Waals surface area contributed by atoms with Crippen LogP contribution in [0.4, 0.5) is 13.2 Å². The standard InChI is InChI=1S/C21H20F3N3O6/c22-21(23,24)20(31)33-17(28)9-15(11-32-16-3-1-2-14(8-16)18(25)26)27-10-12-4-6-13(7-5-12)19(29)30/h1-8,15,27H,9-11H2,(H3,25,26)(H,29,30)/t15-/m1/s1. The van der Waals surface area contributed by atoms with Gasteiger partial charge in [0.15, 0.2) is 0 Å². The monoisotopic (exact) mass is 467 g/mol. The normalized spacial score (nSPS) is 12.0. The number of hydrogen-bond acceptors (Lipinski definition) is 7. The Morgan fingerprint density at radius 2 is 1.76 bits per heavy atom. The van der Waals surface area contributed by atoms with Gasteiger partial charge in [-0.05, 0) is 29.8 Å². The summed E-state index contributed by atoms with van der Waals surface area (Å²) in [6.07, 6.45) is -5.93. The molecule has 176 valence electrons. The number of halogens is 3. The minimum atomic E-state index is -5.31. The van der Waals surface area contributed by atoms with Crippen LogP contribution in [-0.4, -0.2) is 47.7 Å². The van der Waals surface area contributed by atoms with Gasteiger partial charge in [0.1, 0.15) is 18.2 Å². The largest absolute Gasteiger partial charge is 0.492 e. The molecule has 0 radical (unpaired) electrons. The summed E-state index contributed by atoms with van der Waals surface area (Å²) in [4.78, 5) is 33.7. The van der Waals surface area contributed by atoms with Crippen LogP contribution in [0.5, 0.6) is 5.75 Å². The van der Waals surface area contributed by atoms with Crippen LogP contribution in [-0.2, 0) is 20.9 Å². The number of esters is 2. The Morgan fingerprint density at radius 3 is 2.33 bits per heavy atom. The fourth-order valence-corrected chi connectivity index (χ4v) is 2.57. The molecule has 0 aliphatic carbocycles. The summed E-state index contributed by atoms with van der Waals surface area (Å²) in [6, 6.07) is 11.1. The van der Waals surface area contributed by atoms with Crippen LogP contribution in [0.2, 0.25) is 0 Å². The molecule has 5 N–H and O–H groups in total. The smallest absolute Gasteiger partial charge is 0.491 e. The lowest BCUT2D eigenvalue weighted by molar-refractivity contribution is -0.202. The molecule has 0 aliphatic rings. The highest BCUT2D eigenvalue weighted by atomic mass is 19.4. The van der Waals surface area contributed by atoms with Gasteiger partial charge in [0, 0.05) is 12.1 Å². The van der Waals surface area contributed by atoms with E-state index in [0.717, 1.165) is 0 Å². The summed E-state index contributed by atoms with van der Waals surface area (Å²) in [5, 5.41) is 19.3. The van der Waals surface area contributed by atoms with Gasteiger partial charge in [0.2, 0.25) is 0 Å². The molecule has 0 aliphatic heterocycles. The van der Waals surface area contributed by atoms with Gasteiger partial charge in [-0.25, -0.2) is 9.59 Å². The van der Waals surface area contributed by atoms with Gasteiger partial charge in [-0.15, -0.1) is 0 Å². The number of benzene rings is 2. The zero-order chi connectivity index (χ0) is 24.6. The number of alkyl halides is 3. The third-order valence-electron chi connectivity index (χ3n) is 4.24. The summed E-state index contributed by atoms with van der Waals surface area (Å²) in [5.74, 6) is -5.04. The number of amidine groups is 1. The average molecular weight is 467 g/mol. The minimum Gasteiger partial charge on any atom is -0.492 e. The number of carbonyl (C=O) groups is 3.